The van der Waals surface area contributed by atoms with E-state index in [1.807, 2.05) is 45.9 Å². The van der Waals surface area contributed by atoms with Gasteiger partial charge in [0.25, 0.3) is 0 Å². The molecule has 0 heterocycles. The van der Waals surface area contributed by atoms with Gasteiger partial charge in [-0.05, 0) is 46.2 Å². The molecule has 5 nitrogen and oxygen atoms in total. The molecule has 5 heteroatoms. The number of anilines is 1. The molecule has 0 aromatic heterocycles. The lowest BCUT2D eigenvalue weighted by Crippen LogP contribution is -2.42. The molecule has 2 atom stereocenters. The molecule has 1 aromatic rings. The molecule has 2 N–H and O–H groups in total. The number of rotatable bonds is 5. The van der Waals surface area contributed by atoms with Gasteiger partial charge in [-0.15, -0.1) is 0 Å². The summed E-state index contributed by atoms with van der Waals surface area (Å²) < 4.78 is 5.48. The molecule has 0 spiro atoms. The fourth-order valence-corrected chi connectivity index (χ4v) is 2.31. The van der Waals surface area contributed by atoms with Crippen LogP contribution >= 0.6 is 0 Å². The third-order valence-electron chi connectivity index (χ3n) is 3.41. The van der Waals surface area contributed by atoms with Gasteiger partial charge in [-0.1, -0.05) is 12.1 Å². The third-order valence-corrected chi connectivity index (χ3v) is 3.41. The molecule has 1 fully saturated rings. The molecule has 1 aromatic carbocycles. The number of carbonyl (C=O) groups excluding carboxylic acids is 2. The van der Waals surface area contributed by atoms with Crippen molar-refractivity contribution in [1.29, 1.82) is 0 Å². The first-order chi connectivity index (χ1) is 10.3. The van der Waals surface area contributed by atoms with Crippen molar-refractivity contribution in [2.45, 2.75) is 39.7 Å². The molecule has 1 aliphatic carbocycles. The average molecular weight is 304 g/mol. The standard InChI is InChI=1S/C17H24N2O3/c1-5-22-14-9-7-6-8-13(14)18-15(20)11-10-12(11)16(21)19-17(2,3)4/h6-9,11-12H,5,10H2,1-4H3,(H,18,20)(H,19,21). The second-order valence-corrected chi connectivity index (χ2v) is 6.61. The van der Waals surface area contributed by atoms with Crippen LogP contribution in [-0.4, -0.2) is 24.0 Å². The van der Waals surface area contributed by atoms with Gasteiger partial charge in [-0.25, -0.2) is 0 Å². The van der Waals surface area contributed by atoms with Crippen molar-refractivity contribution >= 4 is 17.5 Å². The fraction of sp³-hybridized carbons (Fsp3) is 0.529. The SMILES string of the molecule is CCOc1ccccc1NC(=O)C1CC1C(=O)NC(C)(C)C. The summed E-state index contributed by atoms with van der Waals surface area (Å²) in [5.74, 6) is -0.00263. The van der Waals surface area contributed by atoms with E-state index in [-0.39, 0.29) is 29.2 Å². The number of ether oxygens (including phenoxy) is 1. The van der Waals surface area contributed by atoms with E-state index in [4.69, 9.17) is 4.74 Å². The van der Waals surface area contributed by atoms with Crippen LogP contribution in [0.4, 0.5) is 5.69 Å². The van der Waals surface area contributed by atoms with Crippen LogP contribution in [0.3, 0.4) is 0 Å². The minimum atomic E-state index is -0.276. The first-order valence-corrected chi connectivity index (χ1v) is 7.66. The van der Waals surface area contributed by atoms with Crippen LogP contribution in [0.2, 0.25) is 0 Å². The zero-order valence-corrected chi connectivity index (χ0v) is 13.6. The lowest BCUT2D eigenvalue weighted by molar-refractivity contribution is -0.126. The Labute approximate surface area is 131 Å². The molecule has 22 heavy (non-hydrogen) atoms. The monoisotopic (exact) mass is 304 g/mol. The van der Waals surface area contributed by atoms with Crippen LogP contribution in [0.5, 0.6) is 5.75 Å². The molecule has 2 amide bonds. The Kier molecular flexibility index (Phi) is 4.74. The Morgan fingerprint density at radius 1 is 1.18 bits per heavy atom. The van der Waals surface area contributed by atoms with Gasteiger partial charge >= 0.3 is 0 Å². The summed E-state index contributed by atoms with van der Waals surface area (Å²) in [4.78, 5) is 24.3. The van der Waals surface area contributed by atoms with Crippen molar-refractivity contribution in [2.75, 3.05) is 11.9 Å². The largest absolute Gasteiger partial charge is 0.492 e. The van der Waals surface area contributed by atoms with Crippen molar-refractivity contribution in [3.8, 4) is 5.75 Å². The van der Waals surface area contributed by atoms with Crippen LogP contribution in [0.15, 0.2) is 24.3 Å². The summed E-state index contributed by atoms with van der Waals surface area (Å²) >= 11 is 0. The second-order valence-electron chi connectivity index (χ2n) is 6.61. The molecule has 2 unspecified atom stereocenters. The number of amides is 2. The van der Waals surface area contributed by atoms with E-state index in [1.165, 1.54) is 0 Å². The van der Waals surface area contributed by atoms with Gasteiger partial charge < -0.3 is 15.4 Å². The van der Waals surface area contributed by atoms with Crippen molar-refractivity contribution < 1.29 is 14.3 Å². The summed E-state index contributed by atoms with van der Waals surface area (Å²) in [5.41, 5.74) is 0.374. The van der Waals surface area contributed by atoms with E-state index in [1.54, 1.807) is 6.07 Å². The van der Waals surface area contributed by atoms with E-state index in [2.05, 4.69) is 10.6 Å². The maximum absolute atomic E-state index is 12.3. The van der Waals surface area contributed by atoms with Crippen molar-refractivity contribution in [1.82, 2.24) is 5.32 Å². The summed E-state index contributed by atoms with van der Waals surface area (Å²) in [7, 11) is 0. The lowest BCUT2D eigenvalue weighted by atomic mass is 10.1. The Morgan fingerprint density at radius 2 is 1.82 bits per heavy atom. The molecular weight excluding hydrogens is 280 g/mol. The first-order valence-electron chi connectivity index (χ1n) is 7.66. The highest BCUT2D eigenvalue weighted by Gasteiger charge is 2.48. The fourth-order valence-electron chi connectivity index (χ4n) is 2.31. The van der Waals surface area contributed by atoms with Crippen molar-refractivity contribution in [3.05, 3.63) is 24.3 Å². The van der Waals surface area contributed by atoms with E-state index < -0.39 is 0 Å². The molecule has 2 rings (SSSR count). The van der Waals surface area contributed by atoms with Gasteiger partial charge in [0.1, 0.15) is 5.75 Å². The van der Waals surface area contributed by atoms with Crippen LogP contribution in [0, 0.1) is 11.8 Å². The number of hydrogen-bond acceptors (Lipinski definition) is 3. The van der Waals surface area contributed by atoms with Crippen LogP contribution < -0.4 is 15.4 Å². The highest BCUT2D eigenvalue weighted by Crippen LogP contribution is 2.40. The molecule has 0 radical (unpaired) electrons. The number of para-hydroxylation sites is 2. The number of carbonyl (C=O) groups is 2. The molecule has 1 saturated carbocycles. The Hall–Kier alpha value is -2.04. The molecular formula is C17H24N2O3. The van der Waals surface area contributed by atoms with Gasteiger partial charge in [-0.2, -0.15) is 0 Å². The van der Waals surface area contributed by atoms with E-state index in [0.717, 1.165) is 0 Å². The topological polar surface area (TPSA) is 67.4 Å². The molecule has 0 saturated heterocycles. The minimum Gasteiger partial charge on any atom is -0.492 e. The zero-order valence-electron chi connectivity index (χ0n) is 13.6. The summed E-state index contributed by atoms with van der Waals surface area (Å²) in [5, 5.41) is 5.78. The average Bonchev–Trinajstić information content (AvgIpc) is 3.20. The van der Waals surface area contributed by atoms with E-state index in [0.29, 0.717) is 24.5 Å². The molecule has 0 bridgehead atoms. The zero-order chi connectivity index (χ0) is 16.3. The predicted octanol–water partition coefficient (Wildman–Crippen LogP) is 2.57. The summed E-state index contributed by atoms with van der Waals surface area (Å²) in [6.45, 7) is 8.22. The normalized spacial score (nSPS) is 20.2. The highest BCUT2D eigenvalue weighted by molar-refractivity contribution is 6.00. The summed E-state index contributed by atoms with van der Waals surface area (Å²) in [6.07, 6.45) is 0.602. The van der Waals surface area contributed by atoms with Crippen LogP contribution in [0.1, 0.15) is 34.1 Å². The number of benzene rings is 1. The molecule has 1 aliphatic rings. The maximum atomic E-state index is 12.3. The predicted molar refractivity (Wildman–Crippen MR) is 85.7 cm³/mol. The van der Waals surface area contributed by atoms with Gasteiger partial charge in [0, 0.05) is 5.54 Å². The lowest BCUT2D eigenvalue weighted by Gasteiger charge is -2.20. The van der Waals surface area contributed by atoms with Gasteiger partial charge in [0.2, 0.25) is 11.8 Å². The highest BCUT2D eigenvalue weighted by atomic mass is 16.5. The third kappa shape index (κ3) is 4.23. The van der Waals surface area contributed by atoms with Gasteiger partial charge in [0.05, 0.1) is 24.1 Å². The maximum Gasteiger partial charge on any atom is 0.228 e. The molecule has 0 aliphatic heterocycles. The van der Waals surface area contributed by atoms with E-state index in [9.17, 15) is 9.59 Å². The molecule has 120 valence electrons. The van der Waals surface area contributed by atoms with E-state index >= 15 is 0 Å². The van der Waals surface area contributed by atoms with Crippen LogP contribution in [0.25, 0.3) is 0 Å². The van der Waals surface area contributed by atoms with Crippen molar-refractivity contribution in [2.24, 2.45) is 11.8 Å². The number of hydrogen-bond donors (Lipinski definition) is 2. The Morgan fingerprint density at radius 3 is 2.45 bits per heavy atom. The number of nitrogens with one attached hydrogen (secondary N) is 2. The first kappa shape index (κ1) is 16.3. The van der Waals surface area contributed by atoms with Gasteiger partial charge in [-0.3, -0.25) is 9.59 Å². The Bertz CT molecular complexity index is 563. The minimum absolute atomic E-state index is 0.0502. The smallest absolute Gasteiger partial charge is 0.228 e. The van der Waals surface area contributed by atoms with Gasteiger partial charge in [0.15, 0.2) is 0 Å². The Balaban J connectivity index is 1.94. The second kappa shape index (κ2) is 6.38. The van der Waals surface area contributed by atoms with Crippen molar-refractivity contribution in [3.63, 3.8) is 0 Å². The summed E-state index contributed by atoms with van der Waals surface area (Å²) in [6, 6.07) is 7.32. The quantitative estimate of drug-likeness (QED) is 0.878. The van der Waals surface area contributed by atoms with Crippen LogP contribution in [-0.2, 0) is 9.59 Å².